The summed E-state index contributed by atoms with van der Waals surface area (Å²) < 4.78 is 11.1. The lowest BCUT2D eigenvalue weighted by Gasteiger charge is -2.19. The summed E-state index contributed by atoms with van der Waals surface area (Å²) in [4.78, 5) is 75.2. The number of ether oxygens (including phenoxy) is 2. The zero-order valence-corrected chi connectivity index (χ0v) is 42.1. The van der Waals surface area contributed by atoms with Gasteiger partial charge in [0.05, 0.1) is 47.1 Å². The van der Waals surface area contributed by atoms with Gasteiger partial charge in [-0.05, 0) is 37.1 Å². The van der Waals surface area contributed by atoms with Gasteiger partial charge < -0.3 is 25.4 Å². The lowest BCUT2D eigenvalue weighted by molar-refractivity contribution is -0.384. The Balaban J connectivity index is 1.84. The highest BCUT2D eigenvalue weighted by Crippen LogP contribution is 2.29. The summed E-state index contributed by atoms with van der Waals surface area (Å²) in [7, 11) is 0. The molecule has 15 heteroatoms. The number of non-ortho nitro benzene ring substituents is 1. The van der Waals surface area contributed by atoms with Crippen LogP contribution in [0.15, 0.2) is 36.4 Å². The second-order valence-corrected chi connectivity index (χ2v) is 18.5. The SMILES string of the molecule is CCCCCCCCCCCCCCCC(=O)NCC(CNC(=O)CCCCCCCCCCCCCCC)OC(=O)CCC(=O)Oc1ccc(Cl)cc1C(=O)Nc1ccc([N+](=O)[O-])cc1Cl. The Kier molecular flexibility index (Phi) is 33.2. The number of carbonyl (C=O) groups is 5. The summed E-state index contributed by atoms with van der Waals surface area (Å²) in [5.74, 6) is -2.80. The van der Waals surface area contributed by atoms with Gasteiger partial charge in [-0.3, -0.25) is 34.1 Å². The smallest absolute Gasteiger partial charge is 0.311 e. The van der Waals surface area contributed by atoms with Crippen molar-refractivity contribution >= 4 is 64.2 Å². The maximum Gasteiger partial charge on any atom is 0.311 e. The molecule has 0 heterocycles. The minimum atomic E-state index is -0.868. The predicted molar refractivity (Wildman–Crippen MR) is 269 cm³/mol. The lowest BCUT2D eigenvalue weighted by Crippen LogP contribution is -2.42. The number of hydrogen-bond acceptors (Lipinski definition) is 9. The van der Waals surface area contributed by atoms with Crippen LogP contribution in [0.5, 0.6) is 5.75 Å². The van der Waals surface area contributed by atoms with E-state index in [1.165, 1.54) is 146 Å². The van der Waals surface area contributed by atoms with Gasteiger partial charge in [-0.1, -0.05) is 191 Å². The number of anilines is 1. The van der Waals surface area contributed by atoms with Crippen molar-refractivity contribution in [1.82, 2.24) is 10.6 Å². The van der Waals surface area contributed by atoms with Crippen LogP contribution in [-0.4, -0.2) is 53.8 Å². The highest BCUT2D eigenvalue weighted by molar-refractivity contribution is 6.34. The van der Waals surface area contributed by atoms with Crippen molar-refractivity contribution in [1.29, 1.82) is 0 Å². The first-order valence-corrected chi connectivity index (χ1v) is 26.2. The largest absolute Gasteiger partial charge is 0.459 e. The van der Waals surface area contributed by atoms with Gasteiger partial charge in [-0.2, -0.15) is 0 Å². The minimum absolute atomic E-state index is 0.00545. The van der Waals surface area contributed by atoms with Crippen molar-refractivity contribution in [2.75, 3.05) is 18.4 Å². The van der Waals surface area contributed by atoms with Crippen LogP contribution in [0.1, 0.15) is 217 Å². The van der Waals surface area contributed by atoms with Gasteiger partial charge in [0, 0.05) is 30.0 Å². The quantitative estimate of drug-likeness (QED) is 0.0192. The van der Waals surface area contributed by atoms with Crippen LogP contribution in [0, 0.1) is 10.1 Å². The summed E-state index contributed by atoms with van der Waals surface area (Å²) in [5, 5.41) is 19.4. The maximum atomic E-state index is 13.2. The number of esters is 2. The summed E-state index contributed by atoms with van der Waals surface area (Å²) in [6, 6.07) is 7.54. The molecule has 2 aromatic carbocycles. The molecule has 2 aromatic rings. The van der Waals surface area contributed by atoms with Gasteiger partial charge in [-0.15, -0.1) is 0 Å². The molecule has 0 aromatic heterocycles. The van der Waals surface area contributed by atoms with Crippen LogP contribution in [-0.2, 0) is 23.9 Å². The number of halogens is 2. The van der Waals surface area contributed by atoms with E-state index in [2.05, 4.69) is 29.8 Å². The summed E-state index contributed by atoms with van der Waals surface area (Å²) in [6.07, 6.45) is 30.4. The van der Waals surface area contributed by atoms with E-state index < -0.39 is 35.3 Å². The molecule has 0 aliphatic heterocycles. The third kappa shape index (κ3) is 29.3. The van der Waals surface area contributed by atoms with E-state index >= 15 is 0 Å². The average molecular weight is 976 g/mol. The molecule has 0 aliphatic rings. The number of amides is 3. The van der Waals surface area contributed by atoms with E-state index in [0.717, 1.165) is 57.4 Å². The van der Waals surface area contributed by atoms with Crippen molar-refractivity contribution in [3.63, 3.8) is 0 Å². The predicted octanol–water partition coefficient (Wildman–Crippen LogP) is 13.9. The number of carbonyl (C=O) groups excluding carboxylic acids is 5. The molecule has 0 saturated carbocycles. The maximum absolute atomic E-state index is 13.2. The fourth-order valence-corrected chi connectivity index (χ4v) is 8.09. The Morgan fingerprint density at radius 2 is 1.00 bits per heavy atom. The van der Waals surface area contributed by atoms with E-state index in [0.29, 0.717) is 12.8 Å². The van der Waals surface area contributed by atoms with E-state index in [-0.39, 0.29) is 64.1 Å². The fraction of sp³-hybridized carbons (Fsp3) is 0.673. The van der Waals surface area contributed by atoms with Crippen molar-refractivity contribution in [3.05, 3.63) is 62.1 Å². The number of nitro groups is 1. The van der Waals surface area contributed by atoms with Gasteiger partial charge in [0.25, 0.3) is 11.6 Å². The highest BCUT2D eigenvalue weighted by Gasteiger charge is 2.22. The molecule has 0 aliphatic carbocycles. The molecule has 0 fully saturated rings. The third-order valence-corrected chi connectivity index (χ3v) is 12.3. The third-order valence-electron chi connectivity index (χ3n) is 11.7. The molecule has 0 radical (unpaired) electrons. The van der Waals surface area contributed by atoms with Crippen LogP contribution in [0.3, 0.4) is 0 Å². The number of unbranched alkanes of at least 4 members (excludes halogenated alkanes) is 24. The van der Waals surface area contributed by atoms with Crippen LogP contribution >= 0.6 is 23.2 Å². The molecule has 2 rings (SSSR count). The standard InChI is InChI=1S/C52H80Cl2N4O9/c1-3-5-7-9-11-13-15-17-19-21-23-25-27-29-48(59)55-39-43(40-56-49(60)30-28-26-24-22-20-18-16-14-12-10-8-6-4-2)66-50(61)35-36-51(62)67-47-34-31-41(53)37-44(47)52(63)57-46-33-32-42(58(64)65)38-45(46)54/h31-34,37-38,43H,3-30,35-36,39-40H2,1-2H3,(H,55,59)(H,56,60)(H,57,63). The van der Waals surface area contributed by atoms with Gasteiger partial charge in [0.15, 0.2) is 0 Å². The molecule has 0 bridgehead atoms. The highest BCUT2D eigenvalue weighted by atomic mass is 35.5. The molecular weight excluding hydrogens is 895 g/mol. The molecule has 0 unspecified atom stereocenters. The van der Waals surface area contributed by atoms with E-state index in [1.54, 1.807) is 0 Å². The Bertz CT molecular complexity index is 1720. The van der Waals surface area contributed by atoms with E-state index in [4.69, 9.17) is 32.7 Å². The average Bonchev–Trinajstić information content (AvgIpc) is 3.30. The molecule has 13 nitrogen and oxygen atoms in total. The lowest BCUT2D eigenvalue weighted by atomic mass is 10.0. The van der Waals surface area contributed by atoms with E-state index in [9.17, 15) is 34.1 Å². The molecule has 3 N–H and O–H groups in total. The molecule has 0 atom stereocenters. The van der Waals surface area contributed by atoms with Gasteiger partial charge >= 0.3 is 11.9 Å². The van der Waals surface area contributed by atoms with Crippen molar-refractivity contribution in [2.45, 2.75) is 213 Å². The van der Waals surface area contributed by atoms with Crippen molar-refractivity contribution in [2.24, 2.45) is 0 Å². The zero-order chi connectivity index (χ0) is 48.9. The van der Waals surface area contributed by atoms with Gasteiger partial charge in [0.2, 0.25) is 11.8 Å². The van der Waals surface area contributed by atoms with Crippen LogP contribution < -0.4 is 20.7 Å². The van der Waals surface area contributed by atoms with Crippen LogP contribution in [0.2, 0.25) is 10.0 Å². The number of nitro benzene ring substituents is 1. The van der Waals surface area contributed by atoms with E-state index in [1.807, 2.05) is 0 Å². The van der Waals surface area contributed by atoms with Gasteiger partial charge in [-0.25, -0.2) is 0 Å². The second-order valence-electron chi connectivity index (χ2n) is 17.7. The Hall–Kier alpha value is -4.23. The second kappa shape index (κ2) is 37.7. The van der Waals surface area contributed by atoms with Crippen LogP contribution in [0.25, 0.3) is 0 Å². The Morgan fingerprint density at radius 3 is 1.43 bits per heavy atom. The Morgan fingerprint density at radius 1 is 0.567 bits per heavy atom. The zero-order valence-electron chi connectivity index (χ0n) is 40.5. The first-order valence-electron chi connectivity index (χ1n) is 25.4. The number of benzene rings is 2. The molecule has 3 amide bonds. The van der Waals surface area contributed by atoms with Crippen molar-refractivity contribution in [3.8, 4) is 5.75 Å². The summed E-state index contributed by atoms with van der Waals surface area (Å²) in [5.41, 5.74) is -0.305. The normalized spacial score (nSPS) is 11.1. The summed E-state index contributed by atoms with van der Waals surface area (Å²) >= 11 is 12.3. The topological polar surface area (TPSA) is 183 Å². The first-order chi connectivity index (χ1) is 32.4. The molecule has 0 spiro atoms. The number of rotatable bonds is 40. The molecule has 0 saturated heterocycles. The number of hydrogen-bond donors (Lipinski definition) is 3. The first kappa shape index (κ1) is 58.9. The van der Waals surface area contributed by atoms with Crippen molar-refractivity contribution < 1.29 is 38.4 Å². The van der Waals surface area contributed by atoms with Crippen LogP contribution in [0.4, 0.5) is 11.4 Å². The molecule has 376 valence electrons. The number of nitrogens with one attached hydrogen (secondary N) is 3. The minimum Gasteiger partial charge on any atom is -0.459 e. The molecular formula is C52H80Cl2N4O9. The van der Waals surface area contributed by atoms with Gasteiger partial charge in [0.1, 0.15) is 11.9 Å². The number of nitrogens with zero attached hydrogens (tertiary/aromatic N) is 1. The summed E-state index contributed by atoms with van der Waals surface area (Å²) in [6.45, 7) is 4.47. The molecule has 67 heavy (non-hydrogen) atoms. The fourth-order valence-electron chi connectivity index (χ4n) is 7.69. The Labute approximate surface area is 410 Å². The monoisotopic (exact) mass is 975 g/mol.